The molecule has 0 atom stereocenters. The van der Waals surface area contributed by atoms with E-state index in [4.69, 9.17) is 14.2 Å². The molecule has 164 valence electrons. The predicted octanol–water partition coefficient (Wildman–Crippen LogP) is 2.70. The molecule has 0 saturated heterocycles. The molecule has 0 aromatic heterocycles. The number of benzene rings is 1. The molecular formula is C23H32N2O5. The number of amides is 2. The summed E-state index contributed by atoms with van der Waals surface area (Å²) in [5.41, 5.74) is 1.63. The van der Waals surface area contributed by atoms with E-state index in [-0.39, 0.29) is 17.9 Å². The summed E-state index contributed by atoms with van der Waals surface area (Å²) in [5, 5.41) is 0. The first-order valence-electron chi connectivity index (χ1n) is 10.6. The molecule has 0 radical (unpaired) electrons. The third-order valence-electron chi connectivity index (χ3n) is 5.86. The number of carbonyl (C=O) groups excluding carboxylic acids is 2. The van der Waals surface area contributed by atoms with Crippen LogP contribution in [0, 0.1) is 0 Å². The van der Waals surface area contributed by atoms with Gasteiger partial charge in [0.2, 0.25) is 0 Å². The van der Waals surface area contributed by atoms with Crippen LogP contribution in [0.25, 0.3) is 5.57 Å². The Kier molecular flexibility index (Phi) is 7.87. The fourth-order valence-corrected chi connectivity index (χ4v) is 4.26. The van der Waals surface area contributed by atoms with E-state index in [0.717, 1.165) is 37.7 Å². The Balaban J connectivity index is 2.03. The lowest BCUT2D eigenvalue weighted by Gasteiger charge is -2.31. The average molecular weight is 417 g/mol. The Hall–Kier alpha value is -2.38. The van der Waals surface area contributed by atoms with Gasteiger partial charge in [-0.15, -0.1) is 0 Å². The molecule has 1 saturated carbocycles. The van der Waals surface area contributed by atoms with Gasteiger partial charge in [-0.25, -0.2) is 0 Å². The van der Waals surface area contributed by atoms with Gasteiger partial charge in [0, 0.05) is 33.4 Å². The molecule has 1 fully saturated rings. The van der Waals surface area contributed by atoms with Gasteiger partial charge in [-0.2, -0.15) is 0 Å². The second-order valence-electron chi connectivity index (χ2n) is 7.70. The van der Waals surface area contributed by atoms with Crippen molar-refractivity contribution in [1.82, 2.24) is 9.80 Å². The molecule has 0 N–H and O–H groups in total. The Morgan fingerprint density at radius 2 is 1.50 bits per heavy atom. The molecule has 3 rings (SSSR count). The summed E-state index contributed by atoms with van der Waals surface area (Å²) in [4.78, 5) is 30.6. The number of hydrogen-bond acceptors (Lipinski definition) is 6. The molecule has 1 heterocycles. The van der Waals surface area contributed by atoms with Crippen molar-refractivity contribution in [2.75, 3.05) is 47.6 Å². The second-order valence-corrected chi connectivity index (χ2v) is 7.70. The molecule has 2 amide bonds. The van der Waals surface area contributed by atoms with E-state index in [1.54, 1.807) is 21.3 Å². The topological polar surface area (TPSA) is 68.3 Å². The van der Waals surface area contributed by atoms with E-state index in [0.29, 0.717) is 43.3 Å². The summed E-state index contributed by atoms with van der Waals surface area (Å²) < 4.78 is 15.8. The van der Waals surface area contributed by atoms with Crippen LogP contribution < -0.4 is 4.74 Å². The fraction of sp³-hybridized carbons (Fsp3) is 0.565. The van der Waals surface area contributed by atoms with Gasteiger partial charge in [-0.1, -0.05) is 31.4 Å². The van der Waals surface area contributed by atoms with E-state index in [2.05, 4.69) is 0 Å². The minimum Gasteiger partial charge on any atom is -0.497 e. The largest absolute Gasteiger partial charge is 0.497 e. The first-order chi connectivity index (χ1) is 14.6. The van der Waals surface area contributed by atoms with Crippen LogP contribution in [0.4, 0.5) is 0 Å². The Morgan fingerprint density at radius 1 is 0.900 bits per heavy atom. The number of methoxy groups -OCH3 is 3. The Labute approximate surface area is 178 Å². The lowest BCUT2D eigenvalue weighted by molar-refractivity contribution is -0.141. The molecule has 0 bridgehead atoms. The summed E-state index contributed by atoms with van der Waals surface area (Å²) in [5.74, 6) is 0.300. The predicted molar refractivity (Wildman–Crippen MR) is 114 cm³/mol. The van der Waals surface area contributed by atoms with Gasteiger partial charge in [-0.3, -0.25) is 14.5 Å². The lowest BCUT2D eigenvalue weighted by Crippen LogP contribution is -2.44. The van der Waals surface area contributed by atoms with Crippen molar-refractivity contribution in [2.45, 2.75) is 38.1 Å². The van der Waals surface area contributed by atoms with E-state index in [9.17, 15) is 9.59 Å². The maximum atomic E-state index is 13.6. The highest BCUT2D eigenvalue weighted by atomic mass is 16.5. The molecule has 0 spiro atoms. The third-order valence-corrected chi connectivity index (χ3v) is 5.86. The third kappa shape index (κ3) is 4.68. The van der Waals surface area contributed by atoms with Crippen LogP contribution in [0.1, 0.15) is 37.7 Å². The standard InChI is InChI=1S/C23H32N2O5/c1-28-15-13-24(14-16-29-2)21-20(17-9-11-19(30-3)12-10-17)22(26)25(23(21)27)18-7-5-4-6-8-18/h9-12,18H,4-8,13-16H2,1-3H3. The van der Waals surface area contributed by atoms with Crippen LogP contribution >= 0.6 is 0 Å². The quantitative estimate of drug-likeness (QED) is 0.547. The van der Waals surface area contributed by atoms with E-state index in [1.165, 1.54) is 4.90 Å². The zero-order valence-electron chi connectivity index (χ0n) is 18.2. The lowest BCUT2D eigenvalue weighted by atomic mass is 9.94. The van der Waals surface area contributed by atoms with Crippen LogP contribution in [-0.4, -0.2) is 75.3 Å². The van der Waals surface area contributed by atoms with Crippen LogP contribution in [0.5, 0.6) is 5.75 Å². The number of carbonyl (C=O) groups is 2. The molecule has 0 unspecified atom stereocenters. The summed E-state index contributed by atoms with van der Waals surface area (Å²) in [6.07, 6.45) is 5.00. The molecule has 30 heavy (non-hydrogen) atoms. The van der Waals surface area contributed by atoms with Crippen LogP contribution in [0.15, 0.2) is 30.0 Å². The van der Waals surface area contributed by atoms with Crippen molar-refractivity contribution in [2.24, 2.45) is 0 Å². The van der Waals surface area contributed by atoms with Gasteiger partial charge in [0.15, 0.2) is 0 Å². The summed E-state index contributed by atoms with van der Waals surface area (Å²) >= 11 is 0. The molecular weight excluding hydrogens is 384 g/mol. The van der Waals surface area contributed by atoms with Crippen LogP contribution in [0.2, 0.25) is 0 Å². The average Bonchev–Trinajstić information content (AvgIpc) is 3.04. The van der Waals surface area contributed by atoms with Gasteiger partial charge in [0.05, 0.1) is 25.9 Å². The summed E-state index contributed by atoms with van der Waals surface area (Å²) in [6.45, 7) is 1.92. The van der Waals surface area contributed by atoms with E-state index >= 15 is 0 Å². The zero-order chi connectivity index (χ0) is 21.5. The first-order valence-corrected chi connectivity index (χ1v) is 10.6. The minimum absolute atomic E-state index is 0.0313. The molecule has 2 aliphatic rings. The van der Waals surface area contributed by atoms with Crippen molar-refractivity contribution in [1.29, 1.82) is 0 Å². The van der Waals surface area contributed by atoms with Crippen molar-refractivity contribution in [3.8, 4) is 5.75 Å². The normalized spacial score (nSPS) is 17.8. The molecule has 7 nitrogen and oxygen atoms in total. The number of nitrogens with zero attached hydrogens (tertiary/aromatic N) is 2. The number of hydrogen-bond donors (Lipinski definition) is 0. The minimum atomic E-state index is -0.204. The maximum absolute atomic E-state index is 13.6. The van der Waals surface area contributed by atoms with Gasteiger partial charge in [0.1, 0.15) is 11.4 Å². The molecule has 1 aliphatic heterocycles. The molecule has 1 aromatic rings. The van der Waals surface area contributed by atoms with E-state index < -0.39 is 0 Å². The second kappa shape index (κ2) is 10.6. The molecule has 1 aliphatic carbocycles. The highest BCUT2D eigenvalue weighted by Gasteiger charge is 2.44. The van der Waals surface area contributed by atoms with Gasteiger partial charge in [0.25, 0.3) is 11.8 Å². The first kappa shape index (κ1) is 22.3. The SMILES string of the molecule is COCCN(CCOC)C1=C(c2ccc(OC)cc2)C(=O)N(C2CCCCC2)C1=O. The van der Waals surface area contributed by atoms with Crippen molar-refractivity contribution in [3.63, 3.8) is 0 Å². The van der Waals surface area contributed by atoms with E-state index in [1.807, 2.05) is 29.2 Å². The smallest absolute Gasteiger partial charge is 0.278 e. The van der Waals surface area contributed by atoms with Gasteiger partial charge >= 0.3 is 0 Å². The van der Waals surface area contributed by atoms with Crippen LogP contribution in [0.3, 0.4) is 0 Å². The zero-order valence-corrected chi connectivity index (χ0v) is 18.2. The number of ether oxygens (including phenoxy) is 3. The highest BCUT2D eigenvalue weighted by molar-refractivity contribution is 6.35. The Morgan fingerprint density at radius 3 is 2.03 bits per heavy atom. The highest BCUT2D eigenvalue weighted by Crippen LogP contribution is 2.36. The van der Waals surface area contributed by atoms with Crippen molar-refractivity contribution >= 4 is 17.4 Å². The van der Waals surface area contributed by atoms with Gasteiger partial charge < -0.3 is 19.1 Å². The van der Waals surface area contributed by atoms with Crippen LogP contribution in [-0.2, 0) is 19.1 Å². The Bertz CT molecular complexity index is 760. The number of imide groups is 1. The summed E-state index contributed by atoms with van der Waals surface area (Å²) in [7, 11) is 4.86. The summed E-state index contributed by atoms with van der Waals surface area (Å²) in [6, 6.07) is 7.28. The van der Waals surface area contributed by atoms with Crippen molar-refractivity contribution in [3.05, 3.63) is 35.5 Å². The fourth-order valence-electron chi connectivity index (χ4n) is 4.26. The maximum Gasteiger partial charge on any atom is 0.278 e. The molecule has 7 heteroatoms. The van der Waals surface area contributed by atoms with Gasteiger partial charge in [-0.05, 0) is 30.5 Å². The number of rotatable bonds is 10. The van der Waals surface area contributed by atoms with Crippen molar-refractivity contribution < 1.29 is 23.8 Å². The monoisotopic (exact) mass is 416 g/mol. The molecule has 1 aromatic carbocycles.